The van der Waals surface area contributed by atoms with Crippen molar-refractivity contribution in [1.29, 1.82) is 0 Å². The van der Waals surface area contributed by atoms with Crippen molar-refractivity contribution in [3.63, 3.8) is 0 Å². The van der Waals surface area contributed by atoms with E-state index < -0.39 is 0 Å². The molecule has 18 heavy (non-hydrogen) atoms. The molecule has 1 aliphatic rings. The topological polar surface area (TPSA) is 20.3 Å². The number of carbonyl (C=O) groups excluding carboxylic acids is 1. The van der Waals surface area contributed by atoms with Crippen molar-refractivity contribution in [2.24, 2.45) is 0 Å². The maximum Gasteiger partial charge on any atom is 0.246 e. The van der Waals surface area contributed by atoms with Crippen LogP contribution in [0.15, 0.2) is 34.8 Å². The summed E-state index contributed by atoms with van der Waals surface area (Å²) in [5.41, 5.74) is 1.04. The van der Waals surface area contributed by atoms with E-state index >= 15 is 0 Å². The largest absolute Gasteiger partial charge is 0.336 e. The molecule has 0 N–H and O–H groups in total. The molecule has 0 radical (unpaired) electrons. The van der Waals surface area contributed by atoms with E-state index in [2.05, 4.69) is 22.9 Å². The van der Waals surface area contributed by atoms with Crippen LogP contribution in [0.4, 0.5) is 0 Å². The standard InChI is InChI=1S/C15H18BrNO/c1-12-5-2-3-10-17(12)15(18)9-8-13-6-4-7-14(16)11-13/h4,6-9,11-12H,2-3,5,10H2,1H3/b9-8+/t12-/m0/s1. The highest BCUT2D eigenvalue weighted by atomic mass is 79.9. The number of amides is 1. The Morgan fingerprint density at radius 1 is 1.44 bits per heavy atom. The van der Waals surface area contributed by atoms with Gasteiger partial charge in [-0.25, -0.2) is 0 Å². The molecule has 0 saturated carbocycles. The summed E-state index contributed by atoms with van der Waals surface area (Å²) < 4.78 is 1.03. The lowest BCUT2D eigenvalue weighted by Gasteiger charge is -2.32. The zero-order chi connectivity index (χ0) is 13.0. The maximum absolute atomic E-state index is 12.1. The lowest BCUT2D eigenvalue weighted by atomic mass is 10.0. The van der Waals surface area contributed by atoms with Gasteiger partial charge in [0.25, 0.3) is 0 Å². The Hall–Kier alpha value is -1.09. The second-order valence-electron chi connectivity index (χ2n) is 4.76. The van der Waals surface area contributed by atoms with Crippen molar-refractivity contribution < 1.29 is 4.79 Å². The van der Waals surface area contributed by atoms with Gasteiger partial charge in [0.1, 0.15) is 0 Å². The molecule has 1 fully saturated rings. The molecule has 3 heteroatoms. The van der Waals surface area contributed by atoms with Crippen LogP contribution in [0.2, 0.25) is 0 Å². The minimum atomic E-state index is 0.127. The van der Waals surface area contributed by atoms with Crippen LogP contribution in [0.5, 0.6) is 0 Å². The summed E-state index contributed by atoms with van der Waals surface area (Å²) in [6.45, 7) is 3.02. The molecule has 1 aromatic carbocycles. The average Bonchev–Trinajstić information content (AvgIpc) is 2.37. The fraction of sp³-hybridized carbons (Fsp3) is 0.400. The number of hydrogen-bond acceptors (Lipinski definition) is 1. The van der Waals surface area contributed by atoms with Gasteiger partial charge in [-0.2, -0.15) is 0 Å². The van der Waals surface area contributed by atoms with Crippen molar-refractivity contribution in [2.45, 2.75) is 32.2 Å². The molecule has 0 aliphatic carbocycles. The lowest BCUT2D eigenvalue weighted by molar-refractivity contribution is -0.129. The molecule has 96 valence electrons. The van der Waals surface area contributed by atoms with Gasteiger partial charge in [0, 0.05) is 23.1 Å². The highest BCUT2D eigenvalue weighted by molar-refractivity contribution is 9.10. The molecule has 0 unspecified atom stereocenters. The molecule has 1 aliphatic heterocycles. The Labute approximate surface area is 117 Å². The summed E-state index contributed by atoms with van der Waals surface area (Å²) in [7, 11) is 0. The van der Waals surface area contributed by atoms with E-state index in [1.165, 1.54) is 6.42 Å². The number of halogens is 1. The van der Waals surface area contributed by atoms with Gasteiger partial charge >= 0.3 is 0 Å². The average molecular weight is 308 g/mol. The van der Waals surface area contributed by atoms with E-state index in [1.807, 2.05) is 35.2 Å². The second kappa shape index (κ2) is 6.19. The number of likely N-dealkylation sites (tertiary alicyclic amines) is 1. The zero-order valence-corrected chi connectivity index (χ0v) is 12.2. The third-order valence-corrected chi connectivity index (χ3v) is 3.85. The molecule has 1 amide bonds. The summed E-state index contributed by atoms with van der Waals surface area (Å²) >= 11 is 3.43. The highest BCUT2D eigenvalue weighted by Crippen LogP contribution is 2.17. The molecule has 0 spiro atoms. The number of nitrogens with zero attached hydrogens (tertiary/aromatic N) is 1. The SMILES string of the molecule is C[C@H]1CCCCN1C(=O)/C=C/c1cccc(Br)c1. The lowest BCUT2D eigenvalue weighted by Crippen LogP contribution is -2.41. The van der Waals surface area contributed by atoms with Gasteiger partial charge < -0.3 is 4.90 Å². The number of benzene rings is 1. The molecule has 1 aromatic rings. The molecule has 2 rings (SSSR count). The Kier molecular flexibility index (Phi) is 4.59. The highest BCUT2D eigenvalue weighted by Gasteiger charge is 2.20. The normalized spacial score (nSPS) is 20.3. The van der Waals surface area contributed by atoms with E-state index in [9.17, 15) is 4.79 Å². The zero-order valence-electron chi connectivity index (χ0n) is 10.6. The summed E-state index contributed by atoms with van der Waals surface area (Å²) in [5, 5.41) is 0. The van der Waals surface area contributed by atoms with Gasteiger partial charge in [-0.1, -0.05) is 28.1 Å². The molecular weight excluding hydrogens is 290 g/mol. The van der Waals surface area contributed by atoms with Crippen LogP contribution in [0.3, 0.4) is 0 Å². The van der Waals surface area contributed by atoms with Gasteiger partial charge in [0.15, 0.2) is 0 Å². The predicted molar refractivity (Wildman–Crippen MR) is 78.2 cm³/mol. The first-order valence-electron chi connectivity index (χ1n) is 6.41. The van der Waals surface area contributed by atoms with Crippen LogP contribution < -0.4 is 0 Å². The van der Waals surface area contributed by atoms with Crippen LogP contribution >= 0.6 is 15.9 Å². The van der Waals surface area contributed by atoms with Gasteiger partial charge in [0.05, 0.1) is 0 Å². The fourth-order valence-corrected chi connectivity index (χ4v) is 2.72. The smallest absolute Gasteiger partial charge is 0.246 e. The quantitative estimate of drug-likeness (QED) is 0.760. The van der Waals surface area contributed by atoms with E-state index in [0.29, 0.717) is 6.04 Å². The van der Waals surface area contributed by atoms with Crippen molar-refractivity contribution in [3.8, 4) is 0 Å². The van der Waals surface area contributed by atoms with E-state index in [0.717, 1.165) is 29.4 Å². The van der Waals surface area contributed by atoms with Crippen LogP contribution in [0.1, 0.15) is 31.7 Å². The van der Waals surface area contributed by atoms with Crippen molar-refractivity contribution in [1.82, 2.24) is 4.90 Å². The summed E-state index contributed by atoms with van der Waals surface area (Å²) in [4.78, 5) is 14.1. The van der Waals surface area contributed by atoms with Crippen molar-refractivity contribution in [2.75, 3.05) is 6.54 Å². The molecule has 1 heterocycles. The van der Waals surface area contributed by atoms with Crippen LogP contribution in [-0.2, 0) is 4.79 Å². The van der Waals surface area contributed by atoms with Crippen molar-refractivity contribution >= 4 is 27.9 Å². The summed E-state index contributed by atoms with van der Waals surface area (Å²) in [6, 6.07) is 8.32. The van der Waals surface area contributed by atoms with Gasteiger partial charge in [-0.15, -0.1) is 0 Å². The Bertz CT molecular complexity index is 456. The minimum absolute atomic E-state index is 0.127. The molecule has 1 saturated heterocycles. The summed E-state index contributed by atoms with van der Waals surface area (Å²) in [5.74, 6) is 0.127. The third kappa shape index (κ3) is 3.45. The van der Waals surface area contributed by atoms with Crippen molar-refractivity contribution in [3.05, 3.63) is 40.4 Å². The predicted octanol–water partition coefficient (Wildman–Crippen LogP) is 3.86. The Balaban J connectivity index is 2.02. The van der Waals surface area contributed by atoms with Crippen LogP contribution in [-0.4, -0.2) is 23.4 Å². The number of hydrogen-bond donors (Lipinski definition) is 0. The number of rotatable bonds is 2. The number of carbonyl (C=O) groups is 1. The van der Waals surface area contributed by atoms with Gasteiger partial charge in [0.2, 0.25) is 5.91 Å². The first-order chi connectivity index (χ1) is 8.66. The first-order valence-corrected chi connectivity index (χ1v) is 7.20. The van der Waals surface area contributed by atoms with Crippen LogP contribution in [0, 0.1) is 0 Å². The van der Waals surface area contributed by atoms with E-state index in [4.69, 9.17) is 0 Å². The Morgan fingerprint density at radius 2 is 2.28 bits per heavy atom. The molecular formula is C15H18BrNO. The third-order valence-electron chi connectivity index (χ3n) is 3.35. The molecule has 1 atom stereocenters. The van der Waals surface area contributed by atoms with Crippen LogP contribution in [0.25, 0.3) is 6.08 Å². The fourth-order valence-electron chi connectivity index (χ4n) is 2.30. The van der Waals surface area contributed by atoms with Gasteiger partial charge in [-0.05, 0) is 50.0 Å². The van der Waals surface area contributed by atoms with E-state index in [-0.39, 0.29) is 5.91 Å². The molecule has 2 nitrogen and oxygen atoms in total. The molecule has 0 aromatic heterocycles. The maximum atomic E-state index is 12.1. The number of piperidine rings is 1. The summed E-state index contributed by atoms with van der Waals surface area (Å²) in [6.07, 6.45) is 7.05. The first kappa shape index (κ1) is 13.3. The minimum Gasteiger partial charge on any atom is -0.336 e. The molecule has 0 bridgehead atoms. The second-order valence-corrected chi connectivity index (χ2v) is 5.68. The van der Waals surface area contributed by atoms with Gasteiger partial charge in [-0.3, -0.25) is 4.79 Å². The monoisotopic (exact) mass is 307 g/mol. The Morgan fingerprint density at radius 3 is 3.00 bits per heavy atom. The van der Waals surface area contributed by atoms with E-state index in [1.54, 1.807) is 6.08 Å².